The van der Waals surface area contributed by atoms with E-state index in [2.05, 4.69) is 15.6 Å². The van der Waals surface area contributed by atoms with E-state index in [0.29, 0.717) is 25.6 Å². The molecule has 6 nitrogen and oxygen atoms in total. The normalized spacial score (nSPS) is 10.7. The molecule has 154 valence electrons. The molecule has 0 amide bonds. The van der Waals surface area contributed by atoms with Crippen LogP contribution in [0, 0.1) is 5.82 Å². The lowest BCUT2D eigenvalue weighted by atomic mass is 10.2. The number of guanidine groups is 1. The molecule has 2 aromatic rings. The highest BCUT2D eigenvalue weighted by Gasteiger charge is 2.07. The maximum Gasteiger partial charge on any atom is 0.191 e. The number of ether oxygens (including phenoxy) is 3. The molecule has 2 N–H and O–H groups in total. The molecule has 0 heterocycles. The van der Waals surface area contributed by atoms with Gasteiger partial charge in [-0.2, -0.15) is 0 Å². The zero-order valence-electron chi connectivity index (χ0n) is 16.5. The van der Waals surface area contributed by atoms with Gasteiger partial charge in [0, 0.05) is 24.7 Å². The molecule has 0 aliphatic rings. The van der Waals surface area contributed by atoms with Crippen molar-refractivity contribution in [2.75, 3.05) is 27.9 Å². The van der Waals surface area contributed by atoms with Crippen molar-refractivity contribution in [2.45, 2.75) is 20.0 Å². The van der Waals surface area contributed by atoms with Crippen LogP contribution in [0.25, 0.3) is 0 Å². The second-order valence-electron chi connectivity index (χ2n) is 5.70. The van der Waals surface area contributed by atoms with E-state index < -0.39 is 5.82 Å². The molecule has 2 rings (SSSR count). The molecule has 0 aromatic heterocycles. The van der Waals surface area contributed by atoms with E-state index in [1.807, 2.05) is 25.1 Å². The zero-order valence-corrected chi connectivity index (χ0v) is 18.9. The number of rotatable bonds is 8. The number of nitrogens with zero attached hydrogens (tertiary/aromatic N) is 1. The van der Waals surface area contributed by atoms with Gasteiger partial charge in [0.15, 0.2) is 17.5 Å². The van der Waals surface area contributed by atoms with E-state index in [0.717, 1.165) is 22.6 Å². The van der Waals surface area contributed by atoms with Crippen molar-refractivity contribution in [3.8, 4) is 17.2 Å². The van der Waals surface area contributed by atoms with Crippen molar-refractivity contribution in [2.24, 2.45) is 4.99 Å². The third-order valence-electron chi connectivity index (χ3n) is 3.92. The van der Waals surface area contributed by atoms with Gasteiger partial charge in [-0.05, 0) is 36.8 Å². The van der Waals surface area contributed by atoms with E-state index >= 15 is 0 Å². The summed E-state index contributed by atoms with van der Waals surface area (Å²) >= 11 is 0. The van der Waals surface area contributed by atoms with Gasteiger partial charge in [-0.15, -0.1) is 24.0 Å². The Hall–Kier alpha value is -2.23. The van der Waals surface area contributed by atoms with E-state index in [4.69, 9.17) is 14.2 Å². The minimum absolute atomic E-state index is 0. The van der Waals surface area contributed by atoms with Crippen LogP contribution in [0.15, 0.2) is 41.4 Å². The Bertz CT molecular complexity index is 787. The molecular weight excluding hydrogens is 476 g/mol. The summed E-state index contributed by atoms with van der Waals surface area (Å²) in [6.45, 7) is 3.56. The SMILES string of the molecule is CCNC(=NCc1ccc(OC)c(F)c1)NCc1ccc(OC)cc1OC.I. The van der Waals surface area contributed by atoms with Gasteiger partial charge < -0.3 is 24.8 Å². The van der Waals surface area contributed by atoms with Gasteiger partial charge in [0.2, 0.25) is 0 Å². The molecule has 8 heteroatoms. The van der Waals surface area contributed by atoms with E-state index in [1.165, 1.54) is 13.2 Å². The summed E-state index contributed by atoms with van der Waals surface area (Å²) in [7, 11) is 4.68. The van der Waals surface area contributed by atoms with Gasteiger partial charge in [-0.25, -0.2) is 9.38 Å². The maximum absolute atomic E-state index is 13.8. The van der Waals surface area contributed by atoms with E-state index in [1.54, 1.807) is 26.4 Å². The van der Waals surface area contributed by atoms with Crippen molar-refractivity contribution >= 4 is 29.9 Å². The van der Waals surface area contributed by atoms with Crippen molar-refractivity contribution < 1.29 is 18.6 Å². The lowest BCUT2D eigenvalue weighted by Gasteiger charge is -2.14. The van der Waals surface area contributed by atoms with Gasteiger partial charge in [0.1, 0.15) is 11.5 Å². The number of nitrogens with one attached hydrogen (secondary N) is 2. The third kappa shape index (κ3) is 6.74. The predicted molar refractivity (Wildman–Crippen MR) is 120 cm³/mol. The smallest absolute Gasteiger partial charge is 0.191 e. The Labute approximate surface area is 182 Å². The average Bonchev–Trinajstić information content (AvgIpc) is 2.70. The van der Waals surface area contributed by atoms with Crippen molar-refractivity contribution in [3.63, 3.8) is 0 Å². The highest BCUT2D eigenvalue weighted by atomic mass is 127. The molecule has 0 saturated heterocycles. The van der Waals surface area contributed by atoms with Crippen molar-refractivity contribution in [1.29, 1.82) is 0 Å². The quantitative estimate of drug-likeness (QED) is 0.327. The van der Waals surface area contributed by atoms with Crippen LogP contribution in [0.3, 0.4) is 0 Å². The lowest BCUT2D eigenvalue weighted by Crippen LogP contribution is -2.36. The molecule has 0 fully saturated rings. The van der Waals surface area contributed by atoms with Crippen LogP contribution in [-0.4, -0.2) is 33.8 Å². The fraction of sp³-hybridized carbons (Fsp3) is 0.350. The first kappa shape index (κ1) is 23.8. The predicted octanol–water partition coefficient (Wildman–Crippen LogP) is 3.72. The minimum atomic E-state index is -0.397. The first-order valence-corrected chi connectivity index (χ1v) is 8.66. The Morgan fingerprint density at radius 3 is 2.32 bits per heavy atom. The van der Waals surface area contributed by atoms with Gasteiger partial charge in [0.05, 0.1) is 27.9 Å². The summed E-state index contributed by atoms with van der Waals surface area (Å²) < 4.78 is 29.4. The van der Waals surface area contributed by atoms with Crippen molar-refractivity contribution in [3.05, 3.63) is 53.3 Å². The molecule has 0 aliphatic heterocycles. The van der Waals surface area contributed by atoms with Gasteiger partial charge >= 0.3 is 0 Å². The van der Waals surface area contributed by atoms with Crippen LogP contribution in [-0.2, 0) is 13.1 Å². The topological polar surface area (TPSA) is 64.1 Å². The summed E-state index contributed by atoms with van der Waals surface area (Å²) in [6, 6.07) is 10.5. The standard InChI is InChI=1S/C20H26FN3O3.HI/c1-5-22-20(23-12-14-6-9-18(26-3)17(21)10-14)24-13-15-7-8-16(25-2)11-19(15)27-4;/h6-11H,5,12-13H2,1-4H3,(H2,22,23,24);1H. The number of hydrogen-bond acceptors (Lipinski definition) is 4. The summed E-state index contributed by atoms with van der Waals surface area (Å²) in [6.07, 6.45) is 0. The monoisotopic (exact) mass is 503 g/mol. The van der Waals surface area contributed by atoms with Crippen LogP contribution in [0.4, 0.5) is 4.39 Å². The van der Waals surface area contributed by atoms with E-state index in [9.17, 15) is 4.39 Å². The molecule has 0 radical (unpaired) electrons. The minimum Gasteiger partial charge on any atom is -0.497 e. The molecule has 0 atom stereocenters. The Kier molecular flexibility index (Phi) is 10.4. The van der Waals surface area contributed by atoms with E-state index in [-0.39, 0.29) is 29.7 Å². The van der Waals surface area contributed by atoms with Crippen LogP contribution < -0.4 is 24.8 Å². The number of aliphatic imine (C=N–C) groups is 1. The fourth-order valence-electron chi connectivity index (χ4n) is 2.50. The molecular formula is C20H27FIN3O3. The highest BCUT2D eigenvalue weighted by molar-refractivity contribution is 14.0. The third-order valence-corrected chi connectivity index (χ3v) is 3.92. The zero-order chi connectivity index (χ0) is 19.6. The van der Waals surface area contributed by atoms with Crippen LogP contribution in [0.2, 0.25) is 0 Å². The molecule has 0 saturated carbocycles. The average molecular weight is 503 g/mol. The number of methoxy groups -OCH3 is 3. The second kappa shape index (κ2) is 12.3. The molecule has 0 unspecified atom stereocenters. The Morgan fingerprint density at radius 1 is 0.964 bits per heavy atom. The lowest BCUT2D eigenvalue weighted by molar-refractivity contribution is 0.386. The number of benzene rings is 2. The number of hydrogen-bond donors (Lipinski definition) is 2. The summed E-state index contributed by atoms with van der Waals surface area (Å²) in [4.78, 5) is 4.51. The molecule has 0 aliphatic carbocycles. The Morgan fingerprint density at radius 2 is 1.71 bits per heavy atom. The van der Waals surface area contributed by atoms with Gasteiger partial charge in [-0.1, -0.05) is 6.07 Å². The summed E-state index contributed by atoms with van der Waals surface area (Å²) in [5.74, 6) is 1.92. The van der Waals surface area contributed by atoms with Crippen molar-refractivity contribution in [1.82, 2.24) is 10.6 Å². The first-order valence-electron chi connectivity index (χ1n) is 8.66. The summed E-state index contributed by atoms with van der Waals surface area (Å²) in [5.41, 5.74) is 1.73. The van der Waals surface area contributed by atoms with Crippen LogP contribution >= 0.6 is 24.0 Å². The highest BCUT2D eigenvalue weighted by Crippen LogP contribution is 2.24. The largest absolute Gasteiger partial charge is 0.497 e. The number of halogens is 2. The molecule has 2 aromatic carbocycles. The summed E-state index contributed by atoms with van der Waals surface area (Å²) in [5, 5.41) is 6.43. The molecule has 0 bridgehead atoms. The molecule has 28 heavy (non-hydrogen) atoms. The first-order chi connectivity index (χ1) is 13.1. The van der Waals surface area contributed by atoms with Crippen LogP contribution in [0.1, 0.15) is 18.1 Å². The molecule has 0 spiro atoms. The Balaban J connectivity index is 0.00000392. The van der Waals surface area contributed by atoms with Gasteiger partial charge in [-0.3, -0.25) is 0 Å². The maximum atomic E-state index is 13.8. The second-order valence-corrected chi connectivity index (χ2v) is 5.70. The fourth-order valence-corrected chi connectivity index (χ4v) is 2.50. The van der Waals surface area contributed by atoms with Crippen LogP contribution in [0.5, 0.6) is 17.2 Å². The van der Waals surface area contributed by atoms with Gasteiger partial charge in [0.25, 0.3) is 0 Å².